The first-order valence-corrected chi connectivity index (χ1v) is 7.79. The summed E-state index contributed by atoms with van der Waals surface area (Å²) >= 11 is 4.97. The van der Waals surface area contributed by atoms with Crippen molar-refractivity contribution in [3.8, 4) is 0 Å². The molecule has 0 aromatic heterocycles. The van der Waals surface area contributed by atoms with E-state index in [1.807, 2.05) is 13.8 Å². The molecule has 2 amide bonds. The van der Waals surface area contributed by atoms with Gasteiger partial charge in [-0.15, -0.1) is 0 Å². The van der Waals surface area contributed by atoms with E-state index in [-0.39, 0.29) is 28.9 Å². The van der Waals surface area contributed by atoms with E-state index < -0.39 is 5.92 Å². The van der Waals surface area contributed by atoms with Gasteiger partial charge in [-0.2, -0.15) is 0 Å². The molecular formula is C14H25N3O3S. The molecule has 1 aliphatic rings. The van der Waals surface area contributed by atoms with Gasteiger partial charge in [0.2, 0.25) is 5.91 Å². The summed E-state index contributed by atoms with van der Waals surface area (Å²) in [6.07, 6.45) is 1.14. The van der Waals surface area contributed by atoms with Gasteiger partial charge in [-0.3, -0.25) is 4.79 Å². The topological polar surface area (TPSA) is 84.7 Å². The summed E-state index contributed by atoms with van der Waals surface area (Å²) in [5.74, 6) is -0.489. The molecule has 120 valence electrons. The Hall–Kier alpha value is -1.37. The maximum Gasteiger partial charge on any atom is 0.409 e. The van der Waals surface area contributed by atoms with Crippen molar-refractivity contribution < 1.29 is 14.3 Å². The Morgan fingerprint density at radius 3 is 2.38 bits per heavy atom. The number of rotatable bonds is 5. The lowest BCUT2D eigenvalue weighted by Crippen LogP contribution is -2.50. The lowest BCUT2D eigenvalue weighted by atomic mass is 9.94. The van der Waals surface area contributed by atoms with E-state index in [4.69, 9.17) is 22.7 Å². The second-order valence-corrected chi connectivity index (χ2v) is 6.06. The maximum atomic E-state index is 12.2. The van der Waals surface area contributed by atoms with Crippen molar-refractivity contribution in [3.05, 3.63) is 0 Å². The van der Waals surface area contributed by atoms with Crippen molar-refractivity contribution in [1.82, 2.24) is 10.2 Å². The van der Waals surface area contributed by atoms with Crippen molar-refractivity contribution in [2.24, 2.45) is 17.6 Å². The number of ether oxygens (including phenoxy) is 1. The Morgan fingerprint density at radius 1 is 1.38 bits per heavy atom. The highest BCUT2D eigenvalue weighted by Gasteiger charge is 2.29. The minimum atomic E-state index is -0.442. The molecule has 1 saturated heterocycles. The van der Waals surface area contributed by atoms with Crippen molar-refractivity contribution in [2.45, 2.75) is 39.7 Å². The molecule has 1 fully saturated rings. The molecule has 7 heteroatoms. The third-order valence-electron chi connectivity index (χ3n) is 3.62. The normalized spacial score (nSPS) is 17.4. The van der Waals surface area contributed by atoms with Gasteiger partial charge in [-0.1, -0.05) is 26.1 Å². The summed E-state index contributed by atoms with van der Waals surface area (Å²) in [7, 11) is 0. The first kappa shape index (κ1) is 17.7. The Balaban J connectivity index is 2.46. The van der Waals surface area contributed by atoms with Crippen LogP contribution in [0.15, 0.2) is 0 Å². The van der Waals surface area contributed by atoms with Crippen LogP contribution in [-0.4, -0.2) is 47.6 Å². The van der Waals surface area contributed by atoms with Gasteiger partial charge < -0.3 is 20.7 Å². The van der Waals surface area contributed by atoms with Crippen LogP contribution in [0.1, 0.15) is 33.6 Å². The van der Waals surface area contributed by atoms with Crippen LogP contribution in [0.2, 0.25) is 0 Å². The summed E-state index contributed by atoms with van der Waals surface area (Å²) in [5, 5.41) is 2.99. The van der Waals surface area contributed by atoms with Gasteiger partial charge in [-0.25, -0.2) is 4.79 Å². The summed E-state index contributed by atoms with van der Waals surface area (Å²) in [6.45, 7) is 7.18. The van der Waals surface area contributed by atoms with E-state index in [1.54, 1.807) is 11.8 Å². The number of nitrogens with one attached hydrogen (secondary N) is 1. The van der Waals surface area contributed by atoms with E-state index in [0.29, 0.717) is 32.5 Å². The van der Waals surface area contributed by atoms with Crippen LogP contribution in [0.25, 0.3) is 0 Å². The van der Waals surface area contributed by atoms with Crippen molar-refractivity contribution >= 4 is 29.2 Å². The van der Waals surface area contributed by atoms with Gasteiger partial charge in [0, 0.05) is 19.1 Å². The summed E-state index contributed by atoms with van der Waals surface area (Å²) in [6, 6.07) is 0.0544. The number of amides is 2. The number of hydrogen-bond donors (Lipinski definition) is 2. The Labute approximate surface area is 131 Å². The summed E-state index contributed by atoms with van der Waals surface area (Å²) in [5.41, 5.74) is 5.64. The van der Waals surface area contributed by atoms with Crippen LogP contribution in [0.3, 0.4) is 0 Å². The number of carbonyl (C=O) groups is 2. The SMILES string of the molecule is CCOC(=O)N1CCC(NC(=O)C(C(N)=S)C(C)C)CC1. The van der Waals surface area contributed by atoms with Crippen molar-refractivity contribution in [2.75, 3.05) is 19.7 Å². The predicted molar refractivity (Wildman–Crippen MR) is 84.9 cm³/mol. The lowest BCUT2D eigenvalue weighted by Gasteiger charge is -2.32. The smallest absolute Gasteiger partial charge is 0.409 e. The van der Waals surface area contributed by atoms with E-state index >= 15 is 0 Å². The molecule has 3 N–H and O–H groups in total. The average Bonchev–Trinajstić information content (AvgIpc) is 2.38. The van der Waals surface area contributed by atoms with Gasteiger partial charge in [0.1, 0.15) is 0 Å². The molecule has 1 atom stereocenters. The monoisotopic (exact) mass is 315 g/mol. The van der Waals surface area contributed by atoms with Crippen LogP contribution >= 0.6 is 12.2 Å². The van der Waals surface area contributed by atoms with Gasteiger partial charge in [0.05, 0.1) is 17.5 Å². The molecule has 0 aromatic carbocycles. The Bertz CT molecular complexity index is 393. The molecule has 0 bridgehead atoms. The number of carbonyl (C=O) groups excluding carboxylic acids is 2. The quantitative estimate of drug-likeness (QED) is 0.747. The fourth-order valence-corrected chi connectivity index (χ4v) is 2.85. The number of likely N-dealkylation sites (tertiary alicyclic amines) is 1. The number of nitrogens with zero attached hydrogens (tertiary/aromatic N) is 1. The second-order valence-electron chi connectivity index (χ2n) is 5.59. The van der Waals surface area contributed by atoms with Crippen LogP contribution in [0, 0.1) is 11.8 Å². The van der Waals surface area contributed by atoms with Crippen LogP contribution < -0.4 is 11.1 Å². The zero-order valence-corrected chi connectivity index (χ0v) is 13.7. The number of hydrogen-bond acceptors (Lipinski definition) is 4. The van der Waals surface area contributed by atoms with Crippen LogP contribution in [0.5, 0.6) is 0 Å². The molecule has 0 radical (unpaired) electrons. The molecule has 0 aromatic rings. The molecule has 21 heavy (non-hydrogen) atoms. The van der Waals surface area contributed by atoms with E-state index in [9.17, 15) is 9.59 Å². The molecule has 1 unspecified atom stereocenters. The first-order chi connectivity index (χ1) is 9.86. The lowest BCUT2D eigenvalue weighted by molar-refractivity contribution is -0.125. The predicted octanol–water partition coefficient (Wildman–Crippen LogP) is 1.28. The minimum absolute atomic E-state index is 0.0544. The zero-order chi connectivity index (χ0) is 16.0. The third-order valence-corrected chi connectivity index (χ3v) is 3.88. The Morgan fingerprint density at radius 2 is 1.95 bits per heavy atom. The molecule has 0 saturated carbocycles. The van der Waals surface area contributed by atoms with E-state index in [1.165, 1.54) is 0 Å². The van der Waals surface area contributed by atoms with Gasteiger partial charge >= 0.3 is 6.09 Å². The molecule has 6 nitrogen and oxygen atoms in total. The first-order valence-electron chi connectivity index (χ1n) is 7.38. The molecule has 0 aliphatic carbocycles. The third kappa shape index (κ3) is 5.15. The fourth-order valence-electron chi connectivity index (χ4n) is 2.47. The molecule has 1 rings (SSSR count). The average molecular weight is 315 g/mol. The number of nitrogens with two attached hydrogens (primary N) is 1. The maximum absolute atomic E-state index is 12.2. The highest BCUT2D eigenvalue weighted by molar-refractivity contribution is 7.80. The molecular weight excluding hydrogens is 290 g/mol. The minimum Gasteiger partial charge on any atom is -0.450 e. The highest BCUT2D eigenvalue weighted by atomic mass is 32.1. The highest BCUT2D eigenvalue weighted by Crippen LogP contribution is 2.15. The van der Waals surface area contributed by atoms with Gasteiger partial charge in [0.25, 0.3) is 0 Å². The largest absolute Gasteiger partial charge is 0.450 e. The molecule has 1 aliphatic heterocycles. The molecule has 1 heterocycles. The Kier molecular flexibility index (Phi) is 6.87. The zero-order valence-electron chi connectivity index (χ0n) is 12.9. The molecule has 0 spiro atoms. The summed E-state index contributed by atoms with van der Waals surface area (Å²) in [4.78, 5) is 25.7. The van der Waals surface area contributed by atoms with E-state index in [2.05, 4.69) is 5.32 Å². The van der Waals surface area contributed by atoms with Crippen molar-refractivity contribution in [3.63, 3.8) is 0 Å². The van der Waals surface area contributed by atoms with Gasteiger partial charge in [0.15, 0.2) is 0 Å². The second kappa shape index (κ2) is 8.17. The fraction of sp³-hybridized carbons (Fsp3) is 0.786. The van der Waals surface area contributed by atoms with Crippen LogP contribution in [0.4, 0.5) is 4.79 Å². The number of piperidine rings is 1. The number of thiocarbonyl (C=S) groups is 1. The van der Waals surface area contributed by atoms with Crippen LogP contribution in [-0.2, 0) is 9.53 Å². The van der Waals surface area contributed by atoms with Gasteiger partial charge in [-0.05, 0) is 25.7 Å². The van der Waals surface area contributed by atoms with E-state index in [0.717, 1.165) is 0 Å². The standard InChI is InChI=1S/C14H25N3O3S/c1-4-20-14(19)17-7-5-10(6-8-17)16-13(18)11(9(2)3)12(15)21/h9-11H,4-8H2,1-3H3,(H2,15,21)(H,16,18). The van der Waals surface area contributed by atoms with Crippen molar-refractivity contribution in [1.29, 1.82) is 0 Å². The summed E-state index contributed by atoms with van der Waals surface area (Å²) < 4.78 is 4.96.